The number of hydrogen-bond donors (Lipinski definition) is 1. The van der Waals surface area contributed by atoms with Gasteiger partial charge in [-0.15, -0.1) is 16.9 Å². The molecule has 0 radical (unpaired) electrons. The normalized spacial score (nSPS) is 10.6. The molecule has 9 heteroatoms. The second-order valence-corrected chi connectivity index (χ2v) is 7.12. The monoisotopic (exact) mass is 391 g/mol. The number of hydrogen-bond acceptors (Lipinski definition) is 6. The minimum absolute atomic E-state index is 0.118. The van der Waals surface area contributed by atoms with Gasteiger partial charge in [-0.2, -0.15) is 4.68 Å². The number of amides is 1. The third kappa shape index (κ3) is 4.53. The van der Waals surface area contributed by atoms with E-state index in [0.717, 1.165) is 16.3 Å². The lowest BCUT2D eigenvalue weighted by Gasteiger charge is -2.09. The van der Waals surface area contributed by atoms with Crippen molar-refractivity contribution in [1.29, 1.82) is 0 Å². The van der Waals surface area contributed by atoms with Crippen molar-refractivity contribution in [3.05, 3.63) is 53.6 Å². The Balaban J connectivity index is 1.66. The highest BCUT2D eigenvalue weighted by molar-refractivity contribution is 7.99. The predicted molar refractivity (Wildman–Crippen MR) is 102 cm³/mol. The number of nitrogens with zero attached hydrogens (tertiary/aromatic N) is 4. The summed E-state index contributed by atoms with van der Waals surface area (Å²) in [4.78, 5) is 13.3. The molecule has 0 atom stereocenters. The summed E-state index contributed by atoms with van der Waals surface area (Å²) in [6, 6.07) is 14.9. The van der Waals surface area contributed by atoms with Crippen molar-refractivity contribution in [1.82, 2.24) is 20.2 Å². The van der Waals surface area contributed by atoms with Crippen LogP contribution in [-0.2, 0) is 4.79 Å². The quantitative estimate of drug-likeness (QED) is 0.645. The third-order valence-electron chi connectivity index (χ3n) is 3.21. The molecule has 0 fully saturated rings. The van der Waals surface area contributed by atoms with Gasteiger partial charge in [-0.25, -0.2) is 0 Å². The van der Waals surface area contributed by atoms with E-state index in [0.29, 0.717) is 10.2 Å². The minimum atomic E-state index is -0.118. The summed E-state index contributed by atoms with van der Waals surface area (Å²) in [7, 11) is 0. The predicted octanol–water partition coefficient (Wildman–Crippen LogP) is 3.77. The Bertz CT molecular complexity index is 886. The molecule has 0 aliphatic carbocycles. The van der Waals surface area contributed by atoms with E-state index in [1.807, 2.05) is 42.7 Å². The first kappa shape index (κ1) is 17.8. The van der Waals surface area contributed by atoms with Crippen LogP contribution in [0.1, 0.15) is 0 Å². The fraction of sp³-hybridized carbons (Fsp3) is 0.125. The molecule has 0 spiro atoms. The fourth-order valence-corrected chi connectivity index (χ4v) is 3.53. The highest BCUT2D eigenvalue weighted by Gasteiger charge is 2.13. The lowest BCUT2D eigenvalue weighted by molar-refractivity contribution is -0.113. The molecular formula is C16H14ClN5OS2. The maximum absolute atomic E-state index is 12.2. The lowest BCUT2D eigenvalue weighted by Crippen LogP contribution is -2.15. The molecule has 128 valence electrons. The van der Waals surface area contributed by atoms with E-state index in [2.05, 4.69) is 20.8 Å². The van der Waals surface area contributed by atoms with Crippen molar-refractivity contribution in [2.45, 2.75) is 10.1 Å². The fourth-order valence-electron chi connectivity index (χ4n) is 2.10. The molecule has 0 bridgehead atoms. The van der Waals surface area contributed by atoms with E-state index in [9.17, 15) is 4.79 Å². The number of benzene rings is 2. The number of rotatable bonds is 6. The van der Waals surface area contributed by atoms with Crippen LogP contribution in [0.4, 0.5) is 5.69 Å². The van der Waals surface area contributed by atoms with Crippen molar-refractivity contribution < 1.29 is 4.79 Å². The van der Waals surface area contributed by atoms with Gasteiger partial charge in [0.1, 0.15) is 0 Å². The number of anilines is 1. The first-order valence-corrected chi connectivity index (χ1v) is 9.86. The van der Waals surface area contributed by atoms with E-state index in [1.54, 1.807) is 28.6 Å². The van der Waals surface area contributed by atoms with Crippen molar-refractivity contribution in [2.24, 2.45) is 0 Å². The zero-order valence-electron chi connectivity index (χ0n) is 13.2. The Labute approximate surface area is 158 Å². The van der Waals surface area contributed by atoms with E-state index >= 15 is 0 Å². The largest absolute Gasteiger partial charge is 0.324 e. The lowest BCUT2D eigenvalue weighted by atomic mass is 10.3. The van der Waals surface area contributed by atoms with Crippen molar-refractivity contribution in [3.8, 4) is 5.69 Å². The molecule has 0 unspecified atom stereocenters. The Morgan fingerprint density at radius 3 is 2.88 bits per heavy atom. The van der Waals surface area contributed by atoms with Crippen LogP contribution in [0.2, 0.25) is 5.02 Å². The number of para-hydroxylation sites is 1. The maximum atomic E-state index is 12.2. The molecule has 1 amide bonds. The van der Waals surface area contributed by atoms with Gasteiger partial charge in [0.2, 0.25) is 11.1 Å². The van der Waals surface area contributed by atoms with Crippen LogP contribution < -0.4 is 5.32 Å². The summed E-state index contributed by atoms with van der Waals surface area (Å²) in [5.41, 5.74) is 1.54. The molecule has 0 aliphatic heterocycles. The van der Waals surface area contributed by atoms with Gasteiger partial charge in [-0.1, -0.05) is 41.6 Å². The van der Waals surface area contributed by atoms with E-state index in [-0.39, 0.29) is 11.7 Å². The molecule has 6 nitrogen and oxygen atoms in total. The average molecular weight is 392 g/mol. The second kappa shape index (κ2) is 8.37. The van der Waals surface area contributed by atoms with Crippen LogP contribution in [0.5, 0.6) is 0 Å². The Hall–Kier alpha value is -2.03. The topological polar surface area (TPSA) is 72.7 Å². The van der Waals surface area contributed by atoms with Gasteiger partial charge < -0.3 is 5.32 Å². The number of carbonyl (C=O) groups is 1. The van der Waals surface area contributed by atoms with Gasteiger partial charge in [0, 0.05) is 9.92 Å². The van der Waals surface area contributed by atoms with Gasteiger partial charge in [0.25, 0.3) is 0 Å². The standard InChI is InChI=1S/C16H14ClN5OS2/c1-24-14-8-3-2-7-13(14)18-15(23)10-25-16-19-20-21-22(16)12-6-4-5-11(17)9-12/h2-9H,10H2,1H3,(H,18,23). The number of thioether (sulfide) groups is 2. The van der Waals surface area contributed by atoms with E-state index in [4.69, 9.17) is 11.6 Å². The average Bonchev–Trinajstić information content (AvgIpc) is 3.09. The molecule has 1 heterocycles. The molecule has 0 saturated carbocycles. The second-order valence-electron chi connectivity index (χ2n) is 4.89. The van der Waals surface area contributed by atoms with Crippen molar-refractivity contribution >= 4 is 46.7 Å². The summed E-state index contributed by atoms with van der Waals surface area (Å²) < 4.78 is 1.56. The summed E-state index contributed by atoms with van der Waals surface area (Å²) >= 11 is 8.85. The van der Waals surface area contributed by atoms with Crippen molar-refractivity contribution in [2.75, 3.05) is 17.3 Å². The summed E-state index contributed by atoms with van der Waals surface area (Å²) in [6.07, 6.45) is 1.97. The Kier molecular flexibility index (Phi) is 5.95. The number of nitrogens with one attached hydrogen (secondary N) is 1. The van der Waals surface area contributed by atoms with E-state index in [1.165, 1.54) is 11.8 Å². The summed E-state index contributed by atoms with van der Waals surface area (Å²) in [5, 5.41) is 15.6. The Morgan fingerprint density at radius 2 is 2.08 bits per heavy atom. The van der Waals surface area contributed by atoms with Gasteiger partial charge in [-0.05, 0) is 47.0 Å². The number of carbonyl (C=O) groups excluding carboxylic acids is 1. The zero-order valence-corrected chi connectivity index (χ0v) is 15.6. The zero-order chi connectivity index (χ0) is 17.6. The molecule has 0 aliphatic rings. The van der Waals surface area contributed by atoms with Crippen LogP contribution in [0, 0.1) is 0 Å². The molecule has 2 aromatic carbocycles. The molecule has 25 heavy (non-hydrogen) atoms. The first-order valence-electron chi connectivity index (χ1n) is 7.27. The number of aromatic nitrogens is 4. The van der Waals surface area contributed by atoms with Crippen LogP contribution in [0.15, 0.2) is 58.6 Å². The molecular weight excluding hydrogens is 378 g/mol. The molecule has 0 saturated heterocycles. The van der Waals surface area contributed by atoms with Crippen LogP contribution in [0.3, 0.4) is 0 Å². The highest BCUT2D eigenvalue weighted by atomic mass is 35.5. The highest BCUT2D eigenvalue weighted by Crippen LogP contribution is 2.25. The molecule has 3 aromatic rings. The van der Waals surface area contributed by atoms with Gasteiger partial charge in [0.15, 0.2) is 0 Å². The first-order chi connectivity index (χ1) is 12.2. The van der Waals surface area contributed by atoms with E-state index < -0.39 is 0 Å². The number of tetrazole rings is 1. The molecule has 3 rings (SSSR count). The SMILES string of the molecule is CSc1ccccc1NC(=O)CSc1nnnn1-c1cccc(Cl)c1. The van der Waals surface area contributed by atoms with Crippen LogP contribution >= 0.6 is 35.1 Å². The summed E-state index contributed by atoms with van der Waals surface area (Å²) in [6.45, 7) is 0. The number of halogens is 1. The molecule has 1 aromatic heterocycles. The Morgan fingerprint density at radius 1 is 1.24 bits per heavy atom. The van der Waals surface area contributed by atoms with Gasteiger partial charge >= 0.3 is 0 Å². The van der Waals surface area contributed by atoms with Crippen molar-refractivity contribution in [3.63, 3.8) is 0 Å². The van der Waals surface area contributed by atoms with Gasteiger partial charge in [0.05, 0.1) is 17.1 Å². The van der Waals surface area contributed by atoms with Crippen LogP contribution in [0.25, 0.3) is 5.69 Å². The molecule has 1 N–H and O–H groups in total. The third-order valence-corrected chi connectivity index (χ3v) is 5.16. The minimum Gasteiger partial charge on any atom is -0.324 e. The summed E-state index contributed by atoms with van der Waals surface area (Å²) in [5.74, 6) is 0.0797. The smallest absolute Gasteiger partial charge is 0.234 e. The van der Waals surface area contributed by atoms with Crippen LogP contribution in [-0.4, -0.2) is 38.1 Å². The van der Waals surface area contributed by atoms with Gasteiger partial charge in [-0.3, -0.25) is 4.79 Å². The maximum Gasteiger partial charge on any atom is 0.234 e.